The van der Waals surface area contributed by atoms with Crippen LogP contribution >= 0.6 is 0 Å². The van der Waals surface area contributed by atoms with Crippen molar-refractivity contribution in [3.63, 3.8) is 0 Å². The van der Waals surface area contributed by atoms with E-state index >= 15 is 0 Å². The average Bonchev–Trinajstić information content (AvgIpc) is 3.01. The van der Waals surface area contributed by atoms with E-state index in [1.807, 2.05) is 0 Å². The predicted molar refractivity (Wildman–Crippen MR) is 65.8 cm³/mol. The van der Waals surface area contributed by atoms with Gasteiger partial charge in [0.25, 0.3) is 0 Å². The zero-order chi connectivity index (χ0) is 12.8. The first-order valence-corrected chi connectivity index (χ1v) is 8.61. The lowest BCUT2D eigenvalue weighted by atomic mass is 9.97. The van der Waals surface area contributed by atoms with E-state index in [9.17, 15) is 13.0 Å². The third kappa shape index (κ3) is 2.45. The Balaban J connectivity index is 1.70. The lowest BCUT2D eigenvalue weighted by molar-refractivity contribution is -0.0289. The van der Waals surface area contributed by atoms with Crippen molar-refractivity contribution in [1.82, 2.24) is 0 Å². The summed E-state index contributed by atoms with van der Waals surface area (Å²) in [6.45, 7) is 0. The van der Waals surface area contributed by atoms with Crippen molar-refractivity contribution >= 4 is 10.1 Å². The van der Waals surface area contributed by atoms with E-state index in [1.165, 1.54) is 12.8 Å². The molecule has 104 valence electrons. The maximum atomic E-state index is 11.4. The standard InChI is InChI=1S/C13H22O4S/c14-18(15,16)13(10-3-1-2-4-10)17-12-8-9-5-6-11(12)7-9/h9-13H,1-8H2,(H,14,15,16)/p-1. The first-order valence-electron chi connectivity index (χ1n) is 7.14. The minimum absolute atomic E-state index is 0.0260. The molecule has 3 rings (SSSR count). The fourth-order valence-electron chi connectivity index (χ4n) is 4.17. The fourth-order valence-corrected chi connectivity index (χ4v) is 5.19. The fraction of sp³-hybridized carbons (Fsp3) is 1.00. The predicted octanol–water partition coefficient (Wildman–Crippen LogP) is 2.25. The molecule has 0 spiro atoms. The number of ether oxygens (including phenoxy) is 1. The lowest BCUT2D eigenvalue weighted by Gasteiger charge is -2.32. The molecule has 4 nitrogen and oxygen atoms in total. The van der Waals surface area contributed by atoms with Gasteiger partial charge in [-0.05, 0) is 56.3 Å². The normalized spacial score (nSPS) is 38.4. The van der Waals surface area contributed by atoms with Crippen LogP contribution in [0.25, 0.3) is 0 Å². The van der Waals surface area contributed by atoms with Crippen molar-refractivity contribution < 1.29 is 17.7 Å². The van der Waals surface area contributed by atoms with Gasteiger partial charge < -0.3 is 9.29 Å². The Labute approximate surface area is 109 Å². The van der Waals surface area contributed by atoms with Gasteiger partial charge >= 0.3 is 0 Å². The topological polar surface area (TPSA) is 66.4 Å². The van der Waals surface area contributed by atoms with Gasteiger partial charge in [-0.25, -0.2) is 8.42 Å². The minimum atomic E-state index is -4.32. The van der Waals surface area contributed by atoms with E-state index in [4.69, 9.17) is 4.74 Å². The quantitative estimate of drug-likeness (QED) is 0.737. The molecule has 3 fully saturated rings. The molecule has 0 N–H and O–H groups in total. The first kappa shape index (κ1) is 12.9. The van der Waals surface area contributed by atoms with Crippen molar-refractivity contribution in [3.05, 3.63) is 0 Å². The van der Waals surface area contributed by atoms with Gasteiger partial charge in [0.1, 0.15) is 15.6 Å². The first-order chi connectivity index (χ1) is 8.54. The molecule has 0 aromatic heterocycles. The van der Waals surface area contributed by atoms with Crippen molar-refractivity contribution in [1.29, 1.82) is 0 Å². The highest BCUT2D eigenvalue weighted by Gasteiger charge is 2.43. The van der Waals surface area contributed by atoms with Crippen molar-refractivity contribution in [2.75, 3.05) is 0 Å². The summed E-state index contributed by atoms with van der Waals surface area (Å²) in [6.07, 6.45) is 8.25. The zero-order valence-corrected chi connectivity index (χ0v) is 11.4. The van der Waals surface area contributed by atoms with Gasteiger partial charge in [0, 0.05) is 0 Å². The van der Waals surface area contributed by atoms with Crippen LogP contribution < -0.4 is 0 Å². The Bertz CT molecular complexity index is 399. The van der Waals surface area contributed by atoms with Crippen LogP contribution in [-0.2, 0) is 14.9 Å². The van der Waals surface area contributed by atoms with Crippen LogP contribution in [-0.4, -0.2) is 24.5 Å². The maximum absolute atomic E-state index is 11.4. The Hall–Kier alpha value is -0.130. The molecule has 3 saturated carbocycles. The smallest absolute Gasteiger partial charge is 0.150 e. The molecule has 3 aliphatic carbocycles. The highest BCUT2D eigenvalue weighted by atomic mass is 32.2. The van der Waals surface area contributed by atoms with Gasteiger partial charge in [0.05, 0.1) is 6.10 Å². The Kier molecular flexibility index (Phi) is 3.41. The highest BCUT2D eigenvalue weighted by Crippen LogP contribution is 2.47. The Morgan fingerprint density at radius 3 is 2.28 bits per heavy atom. The SMILES string of the molecule is O=S(=O)([O-])C(OC1CC2CCC1C2)C1CCCC1. The summed E-state index contributed by atoms with van der Waals surface area (Å²) in [7, 11) is -4.32. The van der Waals surface area contributed by atoms with Crippen LogP contribution in [0.4, 0.5) is 0 Å². The molecule has 0 saturated heterocycles. The molecule has 0 aliphatic heterocycles. The Morgan fingerprint density at radius 1 is 1.06 bits per heavy atom. The van der Waals surface area contributed by atoms with E-state index in [0.717, 1.165) is 38.5 Å². The number of fused-ring (bicyclic) bond motifs is 2. The van der Waals surface area contributed by atoms with E-state index in [2.05, 4.69) is 0 Å². The van der Waals surface area contributed by atoms with E-state index in [0.29, 0.717) is 11.8 Å². The van der Waals surface area contributed by atoms with Gasteiger partial charge in [-0.3, -0.25) is 0 Å². The molecule has 0 heterocycles. The van der Waals surface area contributed by atoms with E-state index < -0.39 is 15.6 Å². The summed E-state index contributed by atoms with van der Waals surface area (Å²) in [5.74, 6) is 1.14. The van der Waals surface area contributed by atoms with Crippen molar-refractivity contribution in [2.24, 2.45) is 17.8 Å². The molecular weight excluding hydrogens is 252 g/mol. The lowest BCUT2D eigenvalue weighted by Crippen LogP contribution is -2.36. The van der Waals surface area contributed by atoms with Crippen molar-refractivity contribution in [3.8, 4) is 0 Å². The summed E-state index contributed by atoms with van der Waals surface area (Å²) < 4.78 is 40.1. The largest absolute Gasteiger partial charge is 0.746 e. The third-order valence-electron chi connectivity index (χ3n) is 5.05. The summed E-state index contributed by atoms with van der Waals surface area (Å²) >= 11 is 0. The molecule has 2 bridgehead atoms. The zero-order valence-electron chi connectivity index (χ0n) is 10.6. The second kappa shape index (κ2) is 4.76. The molecule has 4 atom stereocenters. The van der Waals surface area contributed by atoms with Crippen molar-refractivity contribution in [2.45, 2.75) is 62.9 Å². The molecule has 3 aliphatic rings. The van der Waals surface area contributed by atoms with Gasteiger partial charge in [0.2, 0.25) is 0 Å². The van der Waals surface area contributed by atoms with E-state index in [-0.39, 0.29) is 12.0 Å². The van der Waals surface area contributed by atoms with Crippen LogP contribution in [0.3, 0.4) is 0 Å². The van der Waals surface area contributed by atoms with Crippen LogP contribution in [0.5, 0.6) is 0 Å². The van der Waals surface area contributed by atoms with Gasteiger partial charge in [-0.15, -0.1) is 0 Å². The van der Waals surface area contributed by atoms with Crippen LogP contribution in [0.1, 0.15) is 51.4 Å². The van der Waals surface area contributed by atoms with Crippen LogP contribution in [0.2, 0.25) is 0 Å². The average molecular weight is 273 g/mol. The van der Waals surface area contributed by atoms with Gasteiger partial charge in [-0.2, -0.15) is 0 Å². The molecule has 0 radical (unpaired) electrons. The van der Waals surface area contributed by atoms with Crippen LogP contribution in [0.15, 0.2) is 0 Å². The molecule has 4 unspecified atom stereocenters. The molecule has 18 heavy (non-hydrogen) atoms. The summed E-state index contributed by atoms with van der Waals surface area (Å²) in [5.41, 5.74) is -1.08. The third-order valence-corrected chi connectivity index (χ3v) is 6.12. The van der Waals surface area contributed by atoms with E-state index in [1.54, 1.807) is 0 Å². The number of hydrogen-bond donors (Lipinski definition) is 0. The monoisotopic (exact) mass is 273 g/mol. The second-order valence-corrected chi connectivity index (χ2v) is 7.71. The molecule has 0 amide bonds. The summed E-state index contributed by atoms with van der Waals surface area (Å²) in [6, 6.07) is 0. The maximum Gasteiger partial charge on any atom is 0.150 e. The molecule has 0 aromatic rings. The second-order valence-electron chi connectivity index (χ2n) is 6.26. The number of rotatable bonds is 4. The Morgan fingerprint density at radius 2 is 1.78 bits per heavy atom. The molecule has 0 aromatic carbocycles. The molecular formula is C13H21O4S-. The highest BCUT2D eigenvalue weighted by molar-refractivity contribution is 7.86. The molecule has 5 heteroatoms. The van der Waals surface area contributed by atoms with Gasteiger partial charge in [-0.1, -0.05) is 12.8 Å². The number of hydrogen-bond acceptors (Lipinski definition) is 4. The minimum Gasteiger partial charge on any atom is -0.746 e. The summed E-state index contributed by atoms with van der Waals surface area (Å²) in [5, 5.41) is 0. The van der Waals surface area contributed by atoms with Gasteiger partial charge in [0.15, 0.2) is 0 Å². The van der Waals surface area contributed by atoms with Crippen LogP contribution in [0, 0.1) is 17.8 Å². The summed E-state index contributed by atoms with van der Waals surface area (Å²) in [4.78, 5) is 0.